The quantitative estimate of drug-likeness (QED) is 0.904. The second-order valence-corrected chi connectivity index (χ2v) is 5.74. The number of rotatable bonds is 2. The summed E-state index contributed by atoms with van der Waals surface area (Å²) in [5.74, 6) is 0.880. The number of hydrogen-bond acceptors (Lipinski definition) is 2. The molecule has 2 aromatic rings. The van der Waals surface area contributed by atoms with E-state index in [-0.39, 0.29) is 5.54 Å². The largest absolute Gasteiger partial charge is 0.497 e. The lowest BCUT2D eigenvalue weighted by Crippen LogP contribution is -2.36. The van der Waals surface area contributed by atoms with E-state index < -0.39 is 0 Å². The molecule has 0 radical (unpaired) electrons. The molecule has 1 atom stereocenters. The molecule has 3 rings (SSSR count). The minimum Gasteiger partial charge on any atom is -0.497 e. The Labute approximate surface area is 120 Å². The van der Waals surface area contributed by atoms with Gasteiger partial charge < -0.3 is 10.5 Å². The second kappa shape index (κ2) is 4.64. The molecule has 0 saturated heterocycles. The highest BCUT2D eigenvalue weighted by Gasteiger charge is 2.38. The van der Waals surface area contributed by atoms with Crippen molar-refractivity contribution in [2.24, 2.45) is 5.73 Å². The molecular formula is C18H21NO. The van der Waals surface area contributed by atoms with Gasteiger partial charge in [-0.15, -0.1) is 0 Å². The molecule has 0 amide bonds. The van der Waals surface area contributed by atoms with Crippen molar-refractivity contribution in [1.29, 1.82) is 0 Å². The maximum atomic E-state index is 6.83. The van der Waals surface area contributed by atoms with Crippen LogP contribution < -0.4 is 10.5 Å². The molecule has 1 aliphatic rings. The molecule has 2 N–H and O–H groups in total. The van der Waals surface area contributed by atoms with Gasteiger partial charge in [0.2, 0.25) is 0 Å². The van der Waals surface area contributed by atoms with Gasteiger partial charge >= 0.3 is 0 Å². The Kier molecular flexibility index (Phi) is 3.06. The van der Waals surface area contributed by atoms with Crippen LogP contribution in [0.4, 0.5) is 0 Å². The van der Waals surface area contributed by atoms with Crippen molar-refractivity contribution in [3.05, 3.63) is 64.2 Å². The summed E-state index contributed by atoms with van der Waals surface area (Å²) in [5.41, 5.74) is 12.8. The fraction of sp³-hybridized carbons (Fsp3) is 0.333. The highest BCUT2D eigenvalue weighted by Crippen LogP contribution is 2.42. The van der Waals surface area contributed by atoms with E-state index in [1.54, 1.807) is 7.11 Å². The van der Waals surface area contributed by atoms with Gasteiger partial charge in [0.1, 0.15) is 5.75 Å². The summed E-state index contributed by atoms with van der Waals surface area (Å²) in [6.45, 7) is 4.31. The first kappa shape index (κ1) is 13.2. The zero-order valence-corrected chi connectivity index (χ0v) is 12.4. The summed E-state index contributed by atoms with van der Waals surface area (Å²) in [5, 5.41) is 0. The van der Waals surface area contributed by atoms with Crippen LogP contribution in [-0.2, 0) is 12.0 Å². The van der Waals surface area contributed by atoms with Crippen LogP contribution in [0.15, 0.2) is 36.4 Å². The molecule has 0 aromatic heterocycles. The first-order valence-corrected chi connectivity index (χ1v) is 7.09. The summed E-state index contributed by atoms with van der Waals surface area (Å²) in [6.07, 6.45) is 1.99. The minimum absolute atomic E-state index is 0.389. The minimum atomic E-state index is -0.389. The molecule has 0 spiro atoms. The number of aryl methyl sites for hydroxylation is 2. The van der Waals surface area contributed by atoms with Gasteiger partial charge in [-0.05, 0) is 66.6 Å². The molecule has 1 unspecified atom stereocenters. The van der Waals surface area contributed by atoms with Crippen LogP contribution in [0.3, 0.4) is 0 Å². The van der Waals surface area contributed by atoms with E-state index >= 15 is 0 Å². The van der Waals surface area contributed by atoms with Crippen LogP contribution in [0.5, 0.6) is 5.75 Å². The Morgan fingerprint density at radius 2 is 1.90 bits per heavy atom. The van der Waals surface area contributed by atoms with Crippen LogP contribution in [0.1, 0.15) is 34.2 Å². The lowest BCUT2D eigenvalue weighted by molar-refractivity contribution is 0.413. The van der Waals surface area contributed by atoms with E-state index in [0.717, 1.165) is 18.6 Å². The van der Waals surface area contributed by atoms with E-state index in [0.29, 0.717) is 0 Å². The fourth-order valence-electron chi connectivity index (χ4n) is 3.30. The van der Waals surface area contributed by atoms with E-state index in [1.165, 1.54) is 27.8 Å². The smallest absolute Gasteiger partial charge is 0.119 e. The third-order valence-electron chi connectivity index (χ3n) is 4.67. The van der Waals surface area contributed by atoms with Gasteiger partial charge in [0.25, 0.3) is 0 Å². The number of hydrogen-bond donors (Lipinski definition) is 1. The van der Waals surface area contributed by atoms with E-state index in [1.807, 2.05) is 6.07 Å². The zero-order chi connectivity index (χ0) is 14.3. The molecule has 104 valence electrons. The molecule has 2 aromatic carbocycles. The van der Waals surface area contributed by atoms with Gasteiger partial charge in [-0.25, -0.2) is 0 Å². The Balaban J connectivity index is 2.19. The van der Waals surface area contributed by atoms with Crippen molar-refractivity contribution in [2.75, 3.05) is 7.11 Å². The number of benzene rings is 2. The third-order valence-corrected chi connectivity index (χ3v) is 4.67. The monoisotopic (exact) mass is 267 g/mol. The van der Waals surface area contributed by atoms with Gasteiger partial charge in [-0.1, -0.05) is 24.3 Å². The average Bonchev–Trinajstić information content (AvgIpc) is 2.80. The van der Waals surface area contributed by atoms with Crippen molar-refractivity contribution in [2.45, 2.75) is 32.2 Å². The van der Waals surface area contributed by atoms with Crippen molar-refractivity contribution >= 4 is 0 Å². The van der Waals surface area contributed by atoms with Gasteiger partial charge in [0.05, 0.1) is 12.6 Å². The predicted octanol–water partition coefficient (Wildman–Crippen LogP) is 3.46. The molecule has 0 heterocycles. The molecule has 2 heteroatoms. The lowest BCUT2D eigenvalue weighted by Gasteiger charge is -2.29. The first-order valence-electron chi connectivity index (χ1n) is 7.09. The van der Waals surface area contributed by atoms with Gasteiger partial charge in [0, 0.05) is 0 Å². The second-order valence-electron chi connectivity index (χ2n) is 5.74. The lowest BCUT2D eigenvalue weighted by atomic mass is 9.81. The van der Waals surface area contributed by atoms with Crippen LogP contribution in [0.2, 0.25) is 0 Å². The van der Waals surface area contributed by atoms with Crippen molar-refractivity contribution in [3.63, 3.8) is 0 Å². The Hall–Kier alpha value is -1.80. The van der Waals surface area contributed by atoms with Crippen molar-refractivity contribution in [3.8, 4) is 5.75 Å². The maximum absolute atomic E-state index is 6.83. The SMILES string of the molecule is COc1ccc2c(c1)C(N)(c1cccc(C)c1C)CC2. The van der Waals surface area contributed by atoms with Gasteiger partial charge in [-0.2, -0.15) is 0 Å². The summed E-state index contributed by atoms with van der Waals surface area (Å²) in [4.78, 5) is 0. The molecule has 0 saturated carbocycles. The predicted molar refractivity (Wildman–Crippen MR) is 82.2 cm³/mol. The first-order chi connectivity index (χ1) is 9.56. The normalized spacial score (nSPS) is 20.8. The number of ether oxygens (including phenoxy) is 1. The standard InChI is InChI=1S/C18H21NO/c1-12-5-4-6-16(13(12)2)18(19)10-9-14-7-8-15(20-3)11-17(14)18/h4-8,11H,9-10,19H2,1-3H3. The van der Waals surface area contributed by atoms with Gasteiger partial charge in [0.15, 0.2) is 0 Å². The fourth-order valence-corrected chi connectivity index (χ4v) is 3.30. The Morgan fingerprint density at radius 1 is 1.10 bits per heavy atom. The van der Waals surface area contributed by atoms with Crippen molar-refractivity contribution < 1.29 is 4.74 Å². The zero-order valence-electron chi connectivity index (χ0n) is 12.4. The molecule has 0 bridgehead atoms. The van der Waals surface area contributed by atoms with E-state index in [4.69, 9.17) is 10.5 Å². The van der Waals surface area contributed by atoms with Gasteiger partial charge in [-0.3, -0.25) is 0 Å². The Morgan fingerprint density at radius 3 is 2.65 bits per heavy atom. The molecular weight excluding hydrogens is 246 g/mol. The highest BCUT2D eigenvalue weighted by atomic mass is 16.5. The summed E-state index contributed by atoms with van der Waals surface area (Å²) in [6, 6.07) is 12.7. The average molecular weight is 267 g/mol. The van der Waals surface area contributed by atoms with Crippen LogP contribution in [0.25, 0.3) is 0 Å². The molecule has 2 nitrogen and oxygen atoms in total. The number of methoxy groups -OCH3 is 1. The molecule has 0 fully saturated rings. The maximum Gasteiger partial charge on any atom is 0.119 e. The third kappa shape index (κ3) is 1.83. The Bertz CT molecular complexity index is 662. The number of nitrogens with two attached hydrogens (primary N) is 1. The topological polar surface area (TPSA) is 35.2 Å². The number of fused-ring (bicyclic) bond motifs is 1. The van der Waals surface area contributed by atoms with Crippen LogP contribution in [0, 0.1) is 13.8 Å². The molecule has 0 aliphatic heterocycles. The highest BCUT2D eigenvalue weighted by molar-refractivity contribution is 5.52. The van der Waals surface area contributed by atoms with Crippen molar-refractivity contribution in [1.82, 2.24) is 0 Å². The van der Waals surface area contributed by atoms with E-state index in [9.17, 15) is 0 Å². The summed E-state index contributed by atoms with van der Waals surface area (Å²) >= 11 is 0. The van der Waals surface area contributed by atoms with Crippen LogP contribution >= 0.6 is 0 Å². The van der Waals surface area contributed by atoms with Crippen LogP contribution in [-0.4, -0.2) is 7.11 Å². The molecule has 1 aliphatic carbocycles. The molecule has 20 heavy (non-hydrogen) atoms. The summed E-state index contributed by atoms with van der Waals surface area (Å²) < 4.78 is 5.37. The van der Waals surface area contributed by atoms with E-state index in [2.05, 4.69) is 44.2 Å². The summed E-state index contributed by atoms with van der Waals surface area (Å²) in [7, 11) is 1.70.